The molecule has 0 saturated heterocycles. The summed E-state index contributed by atoms with van der Waals surface area (Å²) in [5.74, 6) is 0.583. The molecule has 0 radical (unpaired) electrons. The quantitative estimate of drug-likeness (QED) is 0.830. The molecule has 0 aliphatic heterocycles. The summed E-state index contributed by atoms with van der Waals surface area (Å²) in [7, 11) is 1.49. The second-order valence-electron chi connectivity index (χ2n) is 3.31. The molecule has 0 aliphatic carbocycles. The van der Waals surface area contributed by atoms with Crippen LogP contribution in [0.1, 0.15) is 5.56 Å². The van der Waals surface area contributed by atoms with E-state index in [1.54, 1.807) is 11.3 Å². The Morgan fingerprint density at radius 1 is 1.41 bits per heavy atom. The van der Waals surface area contributed by atoms with E-state index in [0.717, 1.165) is 13.0 Å². The van der Waals surface area contributed by atoms with Crippen molar-refractivity contribution in [3.63, 3.8) is 0 Å². The van der Waals surface area contributed by atoms with Crippen molar-refractivity contribution in [1.29, 1.82) is 0 Å². The van der Waals surface area contributed by atoms with Crippen molar-refractivity contribution in [2.45, 2.75) is 6.42 Å². The van der Waals surface area contributed by atoms with Gasteiger partial charge in [0, 0.05) is 6.54 Å². The zero-order valence-electron chi connectivity index (χ0n) is 9.38. The maximum Gasteiger partial charge on any atom is 0.322 e. The van der Waals surface area contributed by atoms with Gasteiger partial charge in [-0.15, -0.1) is 0 Å². The standard InChI is InChI=1S/C10H13N5OS/c1-16-10-14-8(11)13-9(15-10)12-4-2-7-3-5-17-6-7/h3,5-6H,2,4H2,1H3,(H3,11,12,13,14,15). The lowest BCUT2D eigenvalue weighted by Gasteiger charge is -2.05. The number of methoxy groups -OCH3 is 1. The van der Waals surface area contributed by atoms with Gasteiger partial charge in [0.05, 0.1) is 7.11 Å². The Hall–Kier alpha value is -1.89. The first-order valence-electron chi connectivity index (χ1n) is 5.08. The van der Waals surface area contributed by atoms with Crippen molar-refractivity contribution in [1.82, 2.24) is 15.0 Å². The molecule has 90 valence electrons. The summed E-state index contributed by atoms with van der Waals surface area (Å²) in [5.41, 5.74) is 6.81. The predicted molar refractivity (Wildman–Crippen MR) is 67.3 cm³/mol. The first-order valence-corrected chi connectivity index (χ1v) is 6.02. The Bertz CT molecular complexity index is 474. The van der Waals surface area contributed by atoms with Crippen LogP contribution in [0.4, 0.5) is 11.9 Å². The minimum Gasteiger partial charge on any atom is -0.467 e. The third kappa shape index (κ3) is 3.28. The topological polar surface area (TPSA) is 86.0 Å². The predicted octanol–water partition coefficient (Wildman–Crippen LogP) is 1.18. The van der Waals surface area contributed by atoms with E-state index in [9.17, 15) is 0 Å². The molecule has 2 heterocycles. The summed E-state index contributed by atoms with van der Waals surface area (Å²) in [6.07, 6.45) is 0.914. The van der Waals surface area contributed by atoms with Crippen LogP contribution in [0.3, 0.4) is 0 Å². The number of nitrogen functional groups attached to an aromatic ring is 1. The van der Waals surface area contributed by atoms with Gasteiger partial charge >= 0.3 is 6.01 Å². The summed E-state index contributed by atoms with van der Waals surface area (Å²) < 4.78 is 4.91. The highest BCUT2D eigenvalue weighted by Gasteiger charge is 2.03. The second-order valence-corrected chi connectivity index (χ2v) is 4.09. The summed E-state index contributed by atoms with van der Waals surface area (Å²) in [6.45, 7) is 0.739. The fraction of sp³-hybridized carbons (Fsp3) is 0.300. The maximum absolute atomic E-state index is 5.52. The van der Waals surface area contributed by atoms with Crippen molar-refractivity contribution in [2.24, 2.45) is 0 Å². The van der Waals surface area contributed by atoms with E-state index in [2.05, 4.69) is 37.1 Å². The fourth-order valence-corrected chi connectivity index (χ4v) is 2.00. The molecule has 3 N–H and O–H groups in total. The Labute approximate surface area is 103 Å². The Kier molecular flexibility index (Phi) is 3.71. The van der Waals surface area contributed by atoms with E-state index in [4.69, 9.17) is 10.5 Å². The van der Waals surface area contributed by atoms with Crippen LogP contribution in [-0.2, 0) is 6.42 Å². The third-order valence-corrected chi connectivity index (χ3v) is 2.82. The van der Waals surface area contributed by atoms with Crippen molar-refractivity contribution < 1.29 is 4.74 Å². The number of hydrogen-bond acceptors (Lipinski definition) is 7. The van der Waals surface area contributed by atoms with Gasteiger partial charge in [-0.25, -0.2) is 0 Å². The molecule has 2 aromatic heterocycles. The maximum atomic E-state index is 5.52. The second kappa shape index (κ2) is 5.44. The van der Waals surface area contributed by atoms with Crippen LogP contribution in [0.5, 0.6) is 6.01 Å². The first-order chi connectivity index (χ1) is 8.28. The smallest absolute Gasteiger partial charge is 0.322 e. The van der Waals surface area contributed by atoms with Crippen LogP contribution in [0.15, 0.2) is 16.8 Å². The Morgan fingerprint density at radius 2 is 2.29 bits per heavy atom. The van der Waals surface area contributed by atoms with E-state index < -0.39 is 0 Å². The summed E-state index contributed by atoms with van der Waals surface area (Å²) in [5, 5.41) is 7.25. The Morgan fingerprint density at radius 3 is 3.00 bits per heavy atom. The number of ether oxygens (including phenoxy) is 1. The van der Waals surface area contributed by atoms with E-state index in [0.29, 0.717) is 5.95 Å². The van der Waals surface area contributed by atoms with Crippen LogP contribution in [0.25, 0.3) is 0 Å². The molecule has 0 bridgehead atoms. The molecule has 0 saturated carbocycles. The number of anilines is 2. The highest BCUT2D eigenvalue weighted by molar-refractivity contribution is 7.07. The van der Waals surface area contributed by atoms with Gasteiger partial charge in [-0.2, -0.15) is 26.3 Å². The van der Waals surface area contributed by atoms with Gasteiger partial charge in [0.15, 0.2) is 0 Å². The highest BCUT2D eigenvalue weighted by atomic mass is 32.1. The number of nitrogens with two attached hydrogens (primary N) is 1. The van der Waals surface area contributed by atoms with Crippen molar-refractivity contribution >= 4 is 23.2 Å². The minimum atomic E-state index is 0.148. The van der Waals surface area contributed by atoms with E-state index in [1.165, 1.54) is 12.7 Å². The highest BCUT2D eigenvalue weighted by Crippen LogP contribution is 2.09. The molecular formula is C10H13N5OS. The van der Waals surface area contributed by atoms with E-state index >= 15 is 0 Å². The minimum absolute atomic E-state index is 0.148. The zero-order valence-corrected chi connectivity index (χ0v) is 10.2. The van der Waals surface area contributed by atoms with Crippen LogP contribution < -0.4 is 15.8 Å². The largest absolute Gasteiger partial charge is 0.467 e. The van der Waals surface area contributed by atoms with Crippen LogP contribution >= 0.6 is 11.3 Å². The van der Waals surface area contributed by atoms with Crippen LogP contribution in [-0.4, -0.2) is 28.6 Å². The monoisotopic (exact) mass is 251 g/mol. The molecule has 6 nitrogen and oxygen atoms in total. The van der Waals surface area contributed by atoms with Gasteiger partial charge in [0.25, 0.3) is 0 Å². The van der Waals surface area contributed by atoms with Crippen molar-refractivity contribution in [3.05, 3.63) is 22.4 Å². The molecule has 2 aromatic rings. The molecule has 0 aliphatic rings. The number of aromatic nitrogens is 3. The third-order valence-electron chi connectivity index (χ3n) is 2.09. The number of thiophene rings is 1. The molecule has 7 heteroatoms. The van der Waals surface area contributed by atoms with Gasteiger partial charge in [0.2, 0.25) is 11.9 Å². The van der Waals surface area contributed by atoms with Gasteiger partial charge in [-0.1, -0.05) is 0 Å². The molecule has 0 fully saturated rings. The SMILES string of the molecule is COc1nc(N)nc(NCCc2ccsc2)n1. The molecule has 0 spiro atoms. The lowest BCUT2D eigenvalue weighted by molar-refractivity contribution is 0.379. The number of hydrogen-bond donors (Lipinski definition) is 2. The average Bonchev–Trinajstić information content (AvgIpc) is 2.81. The molecule has 0 atom stereocenters. The Balaban J connectivity index is 1.92. The van der Waals surface area contributed by atoms with Gasteiger partial charge < -0.3 is 15.8 Å². The molecule has 0 aromatic carbocycles. The van der Waals surface area contributed by atoms with Crippen molar-refractivity contribution in [3.8, 4) is 6.01 Å². The van der Waals surface area contributed by atoms with Gasteiger partial charge in [0.1, 0.15) is 0 Å². The zero-order chi connectivity index (χ0) is 12.1. The first kappa shape index (κ1) is 11.6. The molecule has 0 amide bonds. The molecule has 0 unspecified atom stereocenters. The fourth-order valence-electron chi connectivity index (χ4n) is 1.30. The van der Waals surface area contributed by atoms with Crippen molar-refractivity contribution in [2.75, 3.05) is 24.7 Å². The number of nitrogens with zero attached hydrogens (tertiary/aromatic N) is 3. The van der Waals surface area contributed by atoms with E-state index in [-0.39, 0.29) is 12.0 Å². The van der Waals surface area contributed by atoms with Crippen LogP contribution in [0, 0.1) is 0 Å². The summed E-state index contributed by atoms with van der Waals surface area (Å²) in [6, 6.07) is 2.31. The van der Waals surface area contributed by atoms with Gasteiger partial charge in [-0.3, -0.25) is 0 Å². The number of rotatable bonds is 5. The lowest BCUT2D eigenvalue weighted by atomic mass is 10.2. The molecule has 17 heavy (non-hydrogen) atoms. The lowest BCUT2D eigenvalue weighted by Crippen LogP contribution is -2.10. The molecule has 2 rings (SSSR count). The summed E-state index contributed by atoms with van der Waals surface area (Å²) >= 11 is 1.69. The molecular weight excluding hydrogens is 238 g/mol. The van der Waals surface area contributed by atoms with E-state index in [1.807, 2.05) is 0 Å². The van der Waals surface area contributed by atoms with Gasteiger partial charge in [-0.05, 0) is 28.8 Å². The van der Waals surface area contributed by atoms with Crippen LogP contribution in [0.2, 0.25) is 0 Å². The summed E-state index contributed by atoms with van der Waals surface area (Å²) in [4.78, 5) is 11.8. The normalized spacial score (nSPS) is 10.2. The average molecular weight is 251 g/mol. The number of nitrogens with one attached hydrogen (secondary N) is 1.